The molecule has 0 saturated carbocycles. The van der Waals surface area contributed by atoms with E-state index in [9.17, 15) is 9.59 Å². The number of carbonyl (C=O) groups is 2. The van der Waals surface area contributed by atoms with Crippen LogP contribution < -0.4 is 15.0 Å². The number of methoxy groups -OCH3 is 1. The van der Waals surface area contributed by atoms with Crippen LogP contribution in [0.15, 0.2) is 53.4 Å². The normalized spacial score (nSPS) is 21.0. The van der Waals surface area contributed by atoms with Crippen molar-refractivity contribution in [2.24, 2.45) is 0 Å². The molecule has 1 heterocycles. The molecule has 0 saturated heterocycles. The number of ether oxygens (including phenoxy) is 2. The van der Waals surface area contributed by atoms with Crippen molar-refractivity contribution >= 4 is 29.3 Å². The Kier molecular flexibility index (Phi) is 5.36. The molecule has 0 radical (unpaired) electrons. The first kappa shape index (κ1) is 16.4. The molecule has 2 atom stereocenters. The molecule has 0 unspecified atom stereocenters. The third-order valence-corrected chi connectivity index (χ3v) is 5.83. The number of hydrogen-bond donors (Lipinski definition) is 1. The fourth-order valence-electron chi connectivity index (χ4n) is 3.10. The number of hydrogen-bond acceptors (Lipinski definition) is 6. The van der Waals surface area contributed by atoms with Crippen LogP contribution in [0, 0.1) is 0 Å². The maximum Gasteiger partial charge on any atom is 0.303 e. The summed E-state index contributed by atoms with van der Waals surface area (Å²) in [6.07, 6.45) is -1.31. The summed E-state index contributed by atoms with van der Waals surface area (Å²) < 4.78 is 32.7. The lowest BCUT2D eigenvalue weighted by Crippen LogP contribution is -2.45. The van der Waals surface area contributed by atoms with Gasteiger partial charge in [-0.1, -0.05) is 24.3 Å². The fraction of sp³-hybridized carbons (Fsp3) is 0.333. The summed E-state index contributed by atoms with van der Waals surface area (Å²) in [4.78, 5) is 28.2. The first-order valence-electron chi connectivity index (χ1n) is 10.3. The second-order valence-electron chi connectivity index (χ2n) is 6.20. The monoisotopic (exact) mass is 403 g/mol. The molecular weight excluding hydrogens is 376 g/mol. The summed E-state index contributed by atoms with van der Waals surface area (Å²) in [5.41, 5.74) is 1.41. The van der Waals surface area contributed by atoms with Crippen molar-refractivity contribution in [1.82, 2.24) is 5.32 Å². The molecular formula is C21H24N2O4S. The Morgan fingerprint density at radius 1 is 1.25 bits per heavy atom. The van der Waals surface area contributed by atoms with E-state index in [4.69, 9.17) is 13.6 Å². The Hall–Kier alpha value is -2.51. The lowest BCUT2D eigenvalue weighted by atomic mass is 10.1. The van der Waals surface area contributed by atoms with E-state index in [1.165, 1.54) is 11.8 Å². The van der Waals surface area contributed by atoms with Gasteiger partial charge in [0.15, 0.2) is 6.10 Å². The van der Waals surface area contributed by atoms with Crippen LogP contribution in [0.5, 0.6) is 5.75 Å². The summed E-state index contributed by atoms with van der Waals surface area (Å²) in [7, 11) is 3.32. The van der Waals surface area contributed by atoms with Crippen LogP contribution >= 0.6 is 11.8 Å². The van der Waals surface area contributed by atoms with Crippen LogP contribution in [-0.2, 0) is 14.3 Å². The van der Waals surface area contributed by atoms with Crippen molar-refractivity contribution in [1.29, 1.82) is 0 Å². The Balaban J connectivity index is 2.08. The van der Waals surface area contributed by atoms with Crippen molar-refractivity contribution < 1.29 is 23.2 Å². The predicted octanol–water partition coefficient (Wildman–Crippen LogP) is 3.03. The highest BCUT2D eigenvalue weighted by Crippen LogP contribution is 2.46. The molecule has 3 rings (SSSR count). The van der Waals surface area contributed by atoms with E-state index in [0.29, 0.717) is 30.1 Å². The topological polar surface area (TPSA) is 67.9 Å². The molecule has 2 aromatic carbocycles. The quantitative estimate of drug-likeness (QED) is 0.748. The molecule has 1 amide bonds. The summed E-state index contributed by atoms with van der Waals surface area (Å²) in [5, 5.41) is 2.38. The number of rotatable bonds is 6. The largest absolute Gasteiger partial charge is 0.497 e. The number of esters is 1. The number of likely N-dealkylation sites (N-methyl/N-ethyl adjacent to an activating group) is 1. The molecule has 148 valence electrons. The first-order valence-corrected chi connectivity index (χ1v) is 9.71. The minimum atomic E-state index is -2.97. The van der Waals surface area contributed by atoms with Gasteiger partial charge in [-0.15, -0.1) is 11.8 Å². The fourth-order valence-corrected chi connectivity index (χ4v) is 4.42. The van der Waals surface area contributed by atoms with E-state index >= 15 is 0 Å². The zero-order chi connectivity index (χ0) is 22.6. The van der Waals surface area contributed by atoms with Crippen LogP contribution in [0.25, 0.3) is 0 Å². The molecule has 1 aliphatic heterocycles. The molecule has 0 aliphatic carbocycles. The average molecular weight is 404 g/mol. The number of amides is 1. The van der Waals surface area contributed by atoms with Crippen LogP contribution in [0.1, 0.15) is 21.8 Å². The minimum Gasteiger partial charge on any atom is -0.497 e. The first-order chi connectivity index (χ1) is 14.8. The summed E-state index contributed by atoms with van der Waals surface area (Å²) in [5.74, 6) is -1.23. The number of carbonyl (C=O) groups excluding carboxylic acids is 2. The predicted molar refractivity (Wildman–Crippen MR) is 110 cm³/mol. The van der Waals surface area contributed by atoms with E-state index in [1.807, 2.05) is 24.3 Å². The van der Waals surface area contributed by atoms with Crippen molar-refractivity contribution in [2.45, 2.75) is 23.1 Å². The van der Waals surface area contributed by atoms with Crippen LogP contribution in [0.3, 0.4) is 0 Å². The summed E-state index contributed by atoms with van der Waals surface area (Å²) in [6.45, 7) is -2.12. The van der Waals surface area contributed by atoms with Gasteiger partial charge in [-0.3, -0.25) is 9.59 Å². The highest BCUT2D eigenvalue weighted by molar-refractivity contribution is 7.99. The molecule has 0 fully saturated rings. The van der Waals surface area contributed by atoms with Gasteiger partial charge in [0, 0.05) is 28.9 Å². The van der Waals surface area contributed by atoms with Gasteiger partial charge in [-0.05, 0) is 36.9 Å². The van der Waals surface area contributed by atoms with E-state index in [2.05, 4.69) is 5.32 Å². The van der Waals surface area contributed by atoms with Crippen LogP contribution in [-0.4, -0.2) is 45.2 Å². The van der Waals surface area contributed by atoms with Crippen molar-refractivity contribution in [3.05, 3.63) is 54.1 Å². The maximum atomic E-state index is 13.6. The Bertz CT molecular complexity index is 937. The van der Waals surface area contributed by atoms with Crippen molar-refractivity contribution in [3.63, 3.8) is 0 Å². The van der Waals surface area contributed by atoms with Gasteiger partial charge in [-0.25, -0.2) is 0 Å². The third-order valence-electron chi connectivity index (χ3n) is 4.46. The van der Waals surface area contributed by atoms with Gasteiger partial charge >= 0.3 is 5.97 Å². The molecule has 2 aromatic rings. The maximum absolute atomic E-state index is 13.6. The molecule has 0 aromatic heterocycles. The van der Waals surface area contributed by atoms with Crippen molar-refractivity contribution in [2.75, 3.05) is 32.1 Å². The summed E-state index contributed by atoms with van der Waals surface area (Å²) >= 11 is 1.36. The van der Waals surface area contributed by atoms with Gasteiger partial charge in [0.05, 0.1) is 18.0 Å². The lowest BCUT2D eigenvalue weighted by Gasteiger charge is -2.27. The SMILES string of the molecule is [2H]C([2H])([2H])C(=O)O[C@@H]1C(=O)N(CCNC)c2ccccc2S[C@@H]1c1ccc(OC)cc1. The molecule has 28 heavy (non-hydrogen) atoms. The smallest absolute Gasteiger partial charge is 0.303 e. The second kappa shape index (κ2) is 9.12. The third kappa shape index (κ3) is 4.31. The Morgan fingerprint density at radius 3 is 2.68 bits per heavy atom. The minimum absolute atomic E-state index is 0.337. The molecule has 7 heteroatoms. The van der Waals surface area contributed by atoms with Crippen LogP contribution in [0.4, 0.5) is 5.69 Å². The van der Waals surface area contributed by atoms with Crippen LogP contribution in [0.2, 0.25) is 0 Å². The number of nitrogens with one attached hydrogen (secondary N) is 1. The molecule has 0 bridgehead atoms. The van der Waals surface area contributed by atoms with E-state index in [0.717, 1.165) is 4.90 Å². The highest BCUT2D eigenvalue weighted by atomic mass is 32.2. The van der Waals surface area contributed by atoms with E-state index in [-0.39, 0.29) is 0 Å². The number of fused-ring (bicyclic) bond motifs is 1. The van der Waals surface area contributed by atoms with Gasteiger partial charge in [0.2, 0.25) is 0 Å². The highest BCUT2D eigenvalue weighted by Gasteiger charge is 2.40. The second-order valence-corrected chi connectivity index (χ2v) is 7.38. The number of para-hydroxylation sites is 1. The molecule has 0 spiro atoms. The Morgan fingerprint density at radius 2 is 2.00 bits per heavy atom. The number of anilines is 1. The van der Waals surface area contributed by atoms with E-state index < -0.39 is 30.1 Å². The molecule has 1 N–H and O–H groups in total. The van der Waals surface area contributed by atoms with Gasteiger partial charge in [-0.2, -0.15) is 0 Å². The zero-order valence-corrected chi connectivity index (χ0v) is 16.5. The number of nitrogens with zero attached hydrogens (tertiary/aromatic N) is 1. The van der Waals surface area contributed by atoms with Gasteiger partial charge in [0.1, 0.15) is 5.75 Å². The van der Waals surface area contributed by atoms with Gasteiger partial charge in [0.25, 0.3) is 5.91 Å². The lowest BCUT2D eigenvalue weighted by molar-refractivity contribution is -0.152. The van der Waals surface area contributed by atoms with Gasteiger partial charge < -0.3 is 19.7 Å². The molecule has 1 aliphatic rings. The molecule has 6 nitrogen and oxygen atoms in total. The Labute approximate surface area is 173 Å². The number of thioether (sulfide) groups is 1. The average Bonchev–Trinajstić information content (AvgIpc) is 2.86. The summed E-state index contributed by atoms with van der Waals surface area (Å²) in [6, 6.07) is 14.5. The zero-order valence-electron chi connectivity index (χ0n) is 18.7. The van der Waals surface area contributed by atoms with E-state index in [1.54, 1.807) is 43.3 Å². The van der Waals surface area contributed by atoms with Crippen molar-refractivity contribution in [3.8, 4) is 5.75 Å². The number of benzene rings is 2. The standard InChI is InChI=1S/C21H24N2O4S/c1-14(24)27-19-20(15-8-10-16(26-3)11-9-15)28-18-7-5-4-6-17(18)23(21(19)25)13-12-22-2/h4-11,19-20,22H,12-13H2,1-3H3/t19-,20+/m0/s1/i1D3.